The van der Waals surface area contributed by atoms with Crippen LogP contribution < -0.4 is 5.56 Å². The van der Waals surface area contributed by atoms with Gasteiger partial charge in [0.2, 0.25) is 0 Å². The van der Waals surface area contributed by atoms with Crippen molar-refractivity contribution in [2.75, 3.05) is 13.1 Å². The molecule has 0 bridgehead atoms. The Labute approximate surface area is 138 Å². The monoisotopic (exact) mass is 342 g/mol. The van der Waals surface area contributed by atoms with Crippen LogP contribution in [0.1, 0.15) is 61.0 Å². The van der Waals surface area contributed by atoms with Crippen molar-refractivity contribution in [2.24, 2.45) is 5.41 Å². The Hall–Kier alpha value is -1.79. The molecule has 7 heteroatoms. The Kier molecular flexibility index (Phi) is 4.44. The van der Waals surface area contributed by atoms with E-state index in [9.17, 15) is 22.8 Å². The molecule has 1 aliphatic carbocycles. The van der Waals surface area contributed by atoms with Gasteiger partial charge < -0.3 is 9.88 Å². The van der Waals surface area contributed by atoms with Crippen molar-refractivity contribution in [2.45, 2.75) is 51.1 Å². The van der Waals surface area contributed by atoms with E-state index < -0.39 is 23.3 Å². The molecule has 1 spiro atoms. The summed E-state index contributed by atoms with van der Waals surface area (Å²) in [6.45, 7) is 1.14. The van der Waals surface area contributed by atoms with Crippen molar-refractivity contribution >= 4 is 5.91 Å². The summed E-state index contributed by atoms with van der Waals surface area (Å²) in [6.07, 6.45) is 3.31. The fourth-order valence-electron chi connectivity index (χ4n) is 3.96. The van der Waals surface area contributed by atoms with Crippen LogP contribution >= 0.6 is 0 Å². The lowest BCUT2D eigenvalue weighted by atomic mass is 9.68. The van der Waals surface area contributed by atoms with Gasteiger partial charge in [0.05, 0.1) is 0 Å². The number of rotatable bonds is 1. The van der Waals surface area contributed by atoms with Gasteiger partial charge >= 0.3 is 6.18 Å². The van der Waals surface area contributed by atoms with Gasteiger partial charge in [-0.1, -0.05) is 19.3 Å². The lowest BCUT2D eigenvalue weighted by Crippen LogP contribution is -2.45. The smallest absolute Gasteiger partial charge is 0.338 e. The number of nitrogens with zero attached hydrogens (tertiary/aromatic N) is 1. The van der Waals surface area contributed by atoms with E-state index in [1.165, 1.54) is 32.1 Å². The minimum atomic E-state index is -4.63. The van der Waals surface area contributed by atoms with Crippen molar-refractivity contribution in [1.29, 1.82) is 0 Å². The first-order chi connectivity index (χ1) is 11.3. The number of alkyl halides is 3. The summed E-state index contributed by atoms with van der Waals surface area (Å²) < 4.78 is 37.8. The van der Waals surface area contributed by atoms with E-state index in [0.29, 0.717) is 18.5 Å². The van der Waals surface area contributed by atoms with Crippen LogP contribution in [-0.4, -0.2) is 28.9 Å². The Morgan fingerprint density at radius 2 is 1.67 bits per heavy atom. The van der Waals surface area contributed by atoms with Crippen LogP contribution in [0.25, 0.3) is 0 Å². The molecule has 1 amide bonds. The predicted octanol–water partition coefficient (Wildman–Crippen LogP) is 3.58. The molecule has 0 radical (unpaired) electrons. The molecule has 1 aromatic heterocycles. The topological polar surface area (TPSA) is 53.2 Å². The fourth-order valence-corrected chi connectivity index (χ4v) is 3.96. The van der Waals surface area contributed by atoms with Gasteiger partial charge in [-0.05, 0) is 43.2 Å². The minimum Gasteiger partial charge on any atom is -0.338 e. The third-order valence-corrected chi connectivity index (χ3v) is 5.47. The molecular weight excluding hydrogens is 321 g/mol. The van der Waals surface area contributed by atoms with Gasteiger partial charge in [0.1, 0.15) is 11.3 Å². The predicted molar refractivity (Wildman–Crippen MR) is 82.7 cm³/mol. The zero-order chi connectivity index (χ0) is 17.4. The number of carbonyl (C=O) groups excluding carboxylic acids is 1. The molecule has 24 heavy (non-hydrogen) atoms. The number of carbonyl (C=O) groups is 1. The van der Waals surface area contributed by atoms with Gasteiger partial charge in [0.15, 0.2) is 0 Å². The molecule has 1 aliphatic heterocycles. The molecule has 0 unspecified atom stereocenters. The van der Waals surface area contributed by atoms with Crippen molar-refractivity contribution in [3.63, 3.8) is 0 Å². The minimum absolute atomic E-state index is 0.220. The summed E-state index contributed by atoms with van der Waals surface area (Å²) in [4.78, 5) is 27.7. The number of aromatic nitrogens is 1. The first-order valence-electron chi connectivity index (χ1n) is 8.41. The number of likely N-dealkylation sites (tertiary alicyclic amines) is 1. The van der Waals surface area contributed by atoms with Crippen molar-refractivity contribution in [3.8, 4) is 0 Å². The van der Waals surface area contributed by atoms with Gasteiger partial charge in [-0.3, -0.25) is 9.59 Å². The highest BCUT2D eigenvalue weighted by Crippen LogP contribution is 2.44. The first-order valence-corrected chi connectivity index (χ1v) is 8.41. The van der Waals surface area contributed by atoms with Crippen molar-refractivity contribution < 1.29 is 18.0 Å². The highest BCUT2D eigenvalue weighted by atomic mass is 19.4. The highest BCUT2D eigenvalue weighted by Gasteiger charge is 2.37. The van der Waals surface area contributed by atoms with Crippen LogP contribution in [0.5, 0.6) is 0 Å². The van der Waals surface area contributed by atoms with E-state index in [2.05, 4.69) is 0 Å². The summed E-state index contributed by atoms with van der Waals surface area (Å²) in [5.74, 6) is -0.476. The van der Waals surface area contributed by atoms with Crippen LogP contribution in [0.15, 0.2) is 16.9 Å². The van der Waals surface area contributed by atoms with Crippen molar-refractivity contribution in [3.05, 3.63) is 33.7 Å². The van der Waals surface area contributed by atoms with Gasteiger partial charge in [0.25, 0.3) is 11.5 Å². The number of aromatic amines is 1. The number of amides is 1. The van der Waals surface area contributed by atoms with E-state index in [1.807, 2.05) is 0 Å². The molecule has 1 saturated carbocycles. The van der Waals surface area contributed by atoms with E-state index in [4.69, 9.17) is 0 Å². The zero-order valence-electron chi connectivity index (χ0n) is 13.4. The van der Waals surface area contributed by atoms with Gasteiger partial charge in [-0.2, -0.15) is 13.2 Å². The average Bonchev–Trinajstić information content (AvgIpc) is 2.55. The van der Waals surface area contributed by atoms with E-state index in [1.54, 1.807) is 9.88 Å². The summed E-state index contributed by atoms with van der Waals surface area (Å²) in [5, 5.41) is 0. The number of hydrogen-bond acceptors (Lipinski definition) is 2. The normalized spacial score (nSPS) is 21.0. The average molecular weight is 342 g/mol. The van der Waals surface area contributed by atoms with Gasteiger partial charge in [-0.25, -0.2) is 0 Å². The maximum Gasteiger partial charge on any atom is 0.431 e. The second-order valence-corrected chi connectivity index (χ2v) is 6.97. The summed E-state index contributed by atoms with van der Waals surface area (Å²) >= 11 is 0. The number of hydrogen-bond donors (Lipinski definition) is 1. The quantitative estimate of drug-likeness (QED) is 0.848. The largest absolute Gasteiger partial charge is 0.431 e. The Balaban J connectivity index is 1.70. The SMILES string of the molecule is O=C(c1ccc(C(F)(F)F)[nH]c1=O)N1CCC2(CCCCC2)CC1. The maximum absolute atomic E-state index is 12.6. The van der Waals surface area contributed by atoms with Crippen LogP contribution in [0.3, 0.4) is 0 Å². The van der Waals surface area contributed by atoms with E-state index in [-0.39, 0.29) is 5.56 Å². The van der Waals surface area contributed by atoms with Crippen LogP contribution in [0.4, 0.5) is 13.2 Å². The van der Waals surface area contributed by atoms with Crippen LogP contribution in [0.2, 0.25) is 0 Å². The second-order valence-electron chi connectivity index (χ2n) is 6.97. The number of nitrogens with one attached hydrogen (secondary N) is 1. The van der Waals surface area contributed by atoms with E-state index in [0.717, 1.165) is 25.0 Å². The van der Waals surface area contributed by atoms with E-state index >= 15 is 0 Å². The molecular formula is C17H21F3N2O2. The molecule has 2 fully saturated rings. The highest BCUT2D eigenvalue weighted by molar-refractivity contribution is 5.93. The summed E-state index contributed by atoms with van der Waals surface area (Å²) in [7, 11) is 0. The molecule has 2 aliphatic rings. The Bertz CT molecular complexity index is 665. The standard InChI is InChI=1S/C17H21F3N2O2/c18-17(19,20)13-5-4-12(14(23)21-13)15(24)22-10-8-16(9-11-22)6-2-1-3-7-16/h4-5H,1-3,6-11H2,(H,21,23). The molecule has 132 valence electrons. The zero-order valence-corrected chi connectivity index (χ0v) is 13.4. The Morgan fingerprint density at radius 3 is 2.21 bits per heavy atom. The van der Waals surface area contributed by atoms with Crippen LogP contribution in [0, 0.1) is 5.41 Å². The lowest BCUT2D eigenvalue weighted by Gasteiger charge is -2.44. The van der Waals surface area contributed by atoms with Gasteiger partial charge in [-0.15, -0.1) is 0 Å². The molecule has 1 aromatic rings. The molecule has 3 rings (SSSR count). The van der Waals surface area contributed by atoms with Gasteiger partial charge in [0, 0.05) is 13.1 Å². The summed E-state index contributed by atoms with van der Waals surface area (Å²) in [6, 6.07) is 1.73. The molecule has 4 nitrogen and oxygen atoms in total. The molecule has 1 saturated heterocycles. The first kappa shape index (κ1) is 17.0. The number of halogens is 3. The molecule has 1 N–H and O–H groups in total. The Morgan fingerprint density at radius 1 is 1.04 bits per heavy atom. The number of pyridine rings is 1. The molecule has 0 atom stereocenters. The number of H-pyrrole nitrogens is 1. The van der Waals surface area contributed by atoms with Crippen molar-refractivity contribution in [1.82, 2.24) is 9.88 Å². The summed E-state index contributed by atoms with van der Waals surface area (Å²) in [5.41, 5.74) is -2.01. The molecule has 0 aromatic carbocycles. The van der Waals surface area contributed by atoms with Crippen LogP contribution in [-0.2, 0) is 6.18 Å². The third kappa shape index (κ3) is 3.35. The second kappa shape index (κ2) is 6.26. The third-order valence-electron chi connectivity index (χ3n) is 5.47. The lowest BCUT2D eigenvalue weighted by molar-refractivity contribution is -0.141. The molecule has 2 heterocycles. The maximum atomic E-state index is 12.6. The number of piperidine rings is 1. The fraction of sp³-hybridized carbons (Fsp3) is 0.647.